The van der Waals surface area contributed by atoms with Gasteiger partial charge in [0.2, 0.25) is 0 Å². The van der Waals surface area contributed by atoms with Crippen molar-refractivity contribution in [3.05, 3.63) is 50.3 Å². The van der Waals surface area contributed by atoms with E-state index in [-0.39, 0.29) is 10.6 Å². The molecule has 0 unspecified atom stereocenters. The number of hydrogen-bond donors (Lipinski definition) is 0. The fourth-order valence-corrected chi connectivity index (χ4v) is 3.73. The third-order valence-electron chi connectivity index (χ3n) is 2.39. The molecule has 0 aliphatic carbocycles. The van der Waals surface area contributed by atoms with Gasteiger partial charge in [-0.3, -0.25) is 10.1 Å². The van der Waals surface area contributed by atoms with E-state index in [2.05, 4.69) is 0 Å². The van der Waals surface area contributed by atoms with Crippen molar-refractivity contribution < 1.29 is 9.66 Å². The van der Waals surface area contributed by atoms with Gasteiger partial charge < -0.3 is 4.74 Å². The number of thioether (sulfide) groups is 1. The maximum absolute atomic E-state index is 10.8. The summed E-state index contributed by atoms with van der Waals surface area (Å²) in [7, 11) is 1.56. The highest BCUT2D eigenvalue weighted by Crippen LogP contribution is 2.37. The fourth-order valence-electron chi connectivity index (χ4n) is 1.48. The van der Waals surface area contributed by atoms with Crippen LogP contribution in [0.5, 0.6) is 5.75 Å². The minimum atomic E-state index is -0.361. The summed E-state index contributed by atoms with van der Waals surface area (Å²) in [5.74, 6) is 1.25. The van der Waals surface area contributed by atoms with Crippen LogP contribution in [0.15, 0.2) is 33.9 Å². The molecule has 1 aromatic carbocycles. The third kappa shape index (κ3) is 3.40. The number of halogens is 1. The fraction of sp³-hybridized carbons (Fsp3) is 0.167. The molecule has 0 saturated heterocycles. The molecule has 0 aliphatic rings. The number of nitro groups is 1. The first-order valence-corrected chi connectivity index (χ1v) is 7.53. The summed E-state index contributed by atoms with van der Waals surface area (Å²) in [4.78, 5) is 10.4. The van der Waals surface area contributed by atoms with Crippen LogP contribution in [0.3, 0.4) is 0 Å². The lowest BCUT2D eigenvalue weighted by Gasteiger charge is -2.05. The van der Waals surface area contributed by atoms with Crippen molar-refractivity contribution >= 4 is 40.4 Å². The van der Waals surface area contributed by atoms with Crippen molar-refractivity contribution in [1.29, 1.82) is 0 Å². The van der Waals surface area contributed by atoms with Gasteiger partial charge in [-0.15, -0.1) is 23.1 Å². The zero-order valence-corrected chi connectivity index (χ0v) is 12.3. The number of nitrogens with zero attached hydrogens (tertiary/aromatic N) is 1. The Morgan fingerprint density at radius 1 is 1.47 bits per heavy atom. The molecular weight excluding hydrogens is 306 g/mol. The van der Waals surface area contributed by atoms with Gasteiger partial charge in [0.1, 0.15) is 9.96 Å². The van der Waals surface area contributed by atoms with Gasteiger partial charge in [0.15, 0.2) is 0 Å². The van der Waals surface area contributed by atoms with E-state index >= 15 is 0 Å². The van der Waals surface area contributed by atoms with E-state index in [9.17, 15) is 10.1 Å². The Labute approximate surface area is 123 Å². The van der Waals surface area contributed by atoms with Gasteiger partial charge in [-0.2, -0.15) is 0 Å². The Kier molecular flexibility index (Phi) is 4.68. The first kappa shape index (κ1) is 14.2. The van der Waals surface area contributed by atoms with Crippen LogP contribution < -0.4 is 4.74 Å². The molecule has 1 aromatic heterocycles. The zero-order chi connectivity index (χ0) is 13.8. The van der Waals surface area contributed by atoms with Gasteiger partial charge in [-0.25, -0.2) is 0 Å². The molecule has 0 aliphatic heterocycles. The van der Waals surface area contributed by atoms with Crippen LogP contribution in [0.25, 0.3) is 0 Å². The van der Waals surface area contributed by atoms with Gasteiger partial charge in [-0.05, 0) is 23.1 Å². The maximum atomic E-state index is 10.8. The Bertz CT molecular complexity index is 600. The Morgan fingerprint density at radius 3 is 2.89 bits per heavy atom. The topological polar surface area (TPSA) is 52.4 Å². The second-order valence-corrected chi connectivity index (χ2v) is 6.18. The molecule has 0 bridgehead atoms. The van der Waals surface area contributed by atoms with Gasteiger partial charge >= 0.3 is 0 Å². The monoisotopic (exact) mass is 315 g/mol. The first-order valence-electron chi connectivity index (χ1n) is 5.29. The lowest BCUT2D eigenvalue weighted by molar-refractivity contribution is -0.387. The molecule has 1 heterocycles. The Morgan fingerprint density at radius 2 is 2.26 bits per heavy atom. The summed E-state index contributed by atoms with van der Waals surface area (Å²) >= 11 is 8.84. The molecule has 7 heteroatoms. The number of thiophene rings is 1. The average Bonchev–Trinajstić information content (AvgIpc) is 2.85. The Hall–Kier alpha value is -1.24. The summed E-state index contributed by atoms with van der Waals surface area (Å²) < 4.78 is 5.78. The van der Waals surface area contributed by atoms with Crippen molar-refractivity contribution in [3.8, 4) is 5.75 Å². The van der Waals surface area contributed by atoms with Crippen LogP contribution in [0, 0.1) is 10.1 Å². The SMILES string of the molecule is COc1ccc(CSc2sccc2[N+](=O)[O-])cc1Cl. The van der Waals surface area contributed by atoms with Gasteiger partial charge in [0, 0.05) is 11.8 Å². The van der Waals surface area contributed by atoms with E-state index in [0.717, 1.165) is 5.56 Å². The first-order chi connectivity index (χ1) is 9.11. The van der Waals surface area contributed by atoms with Gasteiger partial charge in [0.05, 0.1) is 17.1 Å². The predicted octanol–water partition coefficient (Wildman–Crippen LogP) is 4.61. The third-order valence-corrected chi connectivity index (χ3v) is 4.97. The van der Waals surface area contributed by atoms with Crippen molar-refractivity contribution in [3.63, 3.8) is 0 Å². The number of rotatable bonds is 5. The molecule has 0 fully saturated rings. The summed E-state index contributed by atoms with van der Waals surface area (Å²) in [5.41, 5.74) is 1.16. The lowest BCUT2D eigenvalue weighted by Crippen LogP contribution is -1.88. The second kappa shape index (κ2) is 6.27. The minimum Gasteiger partial charge on any atom is -0.495 e. The van der Waals surface area contributed by atoms with E-state index in [0.29, 0.717) is 20.7 Å². The molecule has 4 nitrogen and oxygen atoms in total. The van der Waals surface area contributed by atoms with Crippen molar-refractivity contribution in [2.75, 3.05) is 7.11 Å². The van der Waals surface area contributed by atoms with Gasteiger partial charge in [-0.1, -0.05) is 17.7 Å². The molecule has 2 rings (SSSR count). The van der Waals surface area contributed by atoms with Crippen molar-refractivity contribution in [1.82, 2.24) is 0 Å². The van der Waals surface area contributed by atoms with Gasteiger partial charge in [0.25, 0.3) is 5.69 Å². The van der Waals surface area contributed by atoms with E-state index in [4.69, 9.17) is 16.3 Å². The molecule has 2 aromatic rings. The zero-order valence-electron chi connectivity index (χ0n) is 9.96. The van der Waals surface area contributed by atoms with Crippen LogP contribution in [0.2, 0.25) is 5.02 Å². The highest BCUT2D eigenvalue weighted by molar-refractivity contribution is 8.00. The van der Waals surface area contributed by atoms with E-state index in [1.807, 2.05) is 12.1 Å². The largest absolute Gasteiger partial charge is 0.495 e. The average molecular weight is 316 g/mol. The number of ether oxygens (including phenoxy) is 1. The molecule has 0 N–H and O–H groups in total. The van der Waals surface area contributed by atoms with E-state index in [1.165, 1.54) is 29.2 Å². The summed E-state index contributed by atoms with van der Waals surface area (Å²) in [6.45, 7) is 0. The van der Waals surface area contributed by atoms with E-state index < -0.39 is 0 Å². The Balaban J connectivity index is 2.08. The highest BCUT2D eigenvalue weighted by atomic mass is 35.5. The number of benzene rings is 1. The summed E-state index contributed by atoms with van der Waals surface area (Å²) in [5, 5.41) is 13.1. The molecule has 0 saturated carbocycles. The molecule has 0 atom stereocenters. The van der Waals surface area contributed by atoms with Crippen LogP contribution in [-0.4, -0.2) is 12.0 Å². The molecule has 0 spiro atoms. The molecular formula is C12H10ClNO3S2. The van der Waals surface area contributed by atoms with E-state index in [1.54, 1.807) is 18.6 Å². The van der Waals surface area contributed by atoms with Crippen molar-refractivity contribution in [2.24, 2.45) is 0 Å². The number of methoxy groups -OCH3 is 1. The maximum Gasteiger partial charge on any atom is 0.293 e. The quantitative estimate of drug-likeness (QED) is 0.459. The predicted molar refractivity (Wildman–Crippen MR) is 78.5 cm³/mol. The van der Waals surface area contributed by atoms with Crippen LogP contribution >= 0.6 is 34.7 Å². The van der Waals surface area contributed by atoms with Crippen LogP contribution in [0.1, 0.15) is 5.56 Å². The second-order valence-electron chi connectivity index (χ2n) is 3.61. The van der Waals surface area contributed by atoms with Crippen LogP contribution in [-0.2, 0) is 5.75 Å². The number of hydrogen-bond acceptors (Lipinski definition) is 5. The lowest BCUT2D eigenvalue weighted by atomic mass is 10.2. The van der Waals surface area contributed by atoms with Crippen molar-refractivity contribution in [2.45, 2.75) is 9.96 Å². The summed E-state index contributed by atoms with van der Waals surface area (Å²) in [6.07, 6.45) is 0. The standard InChI is InChI=1S/C12H10ClNO3S2/c1-17-11-3-2-8(6-9(11)13)7-19-12-10(14(15)16)4-5-18-12/h2-6H,7H2,1H3. The molecule has 19 heavy (non-hydrogen) atoms. The molecule has 0 amide bonds. The normalized spacial score (nSPS) is 10.4. The van der Waals surface area contributed by atoms with Crippen LogP contribution in [0.4, 0.5) is 5.69 Å². The summed E-state index contributed by atoms with van der Waals surface area (Å²) in [6, 6.07) is 7.03. The molecule has 100 valence electrons. The smallest absolute Gasteiger partial charge is 0.293 e. The minimum absolute atomic E-state index is 0.162. The highest BCUT2D eigenvalue weighted by Gasteiger charge is 2.15. The molecule has 0 radical (unpaired) electrons.